The summed E-state index contributed by atoms with van der Waals surface area (Å²) in [4.78, 5) is 26.5. The van der Waals surface area contributed by atoms with Crippen LogP contribution in [-0.4, -0.2) is 18.4 Å². The SMILES string of the molecule is CC(C)c1ccc(NC(=O)C2CC(=O)N(c3cc(Cl)cc(Cl)c3)C2)cc1. The Morgan fingerprint density at radius 1 is 1.12 bits per heavy atom. The number of hydrogen-bond acceptors (Lipinski definition) is 2. The monoisotopic (exact) mass is 390 g/mol. The van der Waals surface area contributed by atoms with E-state index in [-0.39, 0.29) is 18.2 Å². The van der Waals surface area contributed by atoms with Gasteiger partial charge in [0, 0.05) is 34.4 Å². The topological polar surface area (TPSA) is 49.4 Å². The molecule has 1 aliphatic heterocycles. The lowest BCUT2D eigenvalue weighted by atomic mass is 10.0. The zero-order valence-electron chi connectivity index (χ0n) is 14.6. The number of anilines is 2. The molecule has 2 aromatic carbocycles. The van der Waals surface area contributed by atoms with E-state index in [2.05, 4.69) is 19.2 Å². The molecule has 3 rings (SSSR count). The normalized spacial score (nSPS) is 17.0. The molecule has 1 aliphatic rings. The minimum Gasteiger partial charge on any atom is -0.326 e. The van der Waals surface area contributed by atoms with Gasteiger partial charge in [0.25, 0.3) is 0 Å². The van der Waals surface area contributed by atoms with Crippen LogP contribution in [0.4, 0.5) is 11.4 Å². The highest BCUT2D eigenvalue weighted by Gasteiger charge is 2.35. The highest BCUT2D eigenvalue weighted by atomic mass is 35.5. The van der Waals surface area contributed by atoms with Crippen molar-refractivity contribution in [3.8, 4) is 0 Å². The number of carbonyl (C=O) groups excluding carboxylic acids is 2. The molecule has 6 heteroatoms. The first-order chi connectivity index (χ1) is 12.3. The van der Waals surface area contributed by atoms with Crippen molar-refractivity contribution in [2.24, 2.45) is 5.92 Å². The molecule has 1 N–H and O–H groups in total. The fourth-order valence-corrected chi connectivity index (χ4v) is 3.54. The second kappa shape index (κ2) is 7.68. The van der Waals surface area contributed by atoms with E-state index in [1.807, 2.05) is 24.3 Å². The summed E-state index contributed by atoms with van der Waals surface area (Å²) in [5.41, 5.74) is 2.56. The molecule has 4 nitrogen and oxygen atoms in total. The number of nitrogens with zero attached hydrogens (tertiary/aromatic N) is 1. The van der Waals surface area contributed by atoms with Crippen LogP contribution >= 0.6 is 23.2 Å². The van der Waals surface area contributed by atoms with Crippen molar-refractivity contribution in [2.45, 2.75) is 26.2 Å². The van der Waals surface area contributed by atoms with Crippen LogP contribution in [-0.2, 0) is 9.59 Å². The Bertz CT molecular complexity index is 814. The van der Waals surface area contributed by atoms with Gasteiger partial charge < -0.3 is 10.2 Å². The lowest BCUT2D eigenvalue weighted by molar-refractivity contribution is -0.122. The number of rotatable bonds is 4. The average molecular weight is 391 g/mol. The molecule has 1 atom stereocenters. The van der Waals surface area contributed by atoms with Crippen molar-refractivity contribution >= 4 is 46.4 Å². The zero-order chi connectivity index (χ0) is 18.8. The van der Waals surface area contributed by atoms with Gasteiger partial charge in [-0.25, -0.2) is 0 Å². The lowest BCUT2D eigenvalue weighted by Crippen LogP contribution is -2.28. The minimum atomic E-state index is -0.412. The fourth-order valence-electron chi connectivity index (χ4n) is 3.02. The first kappa shape index (κ1) is 18.7. The van der Waals surface area contributed by atoms with Gasteiger partial charge in [0.05, 0.1) is 5.92 Å². The van der Waals surface area contributed by atoms with Crippen molar-refractivity contribution in [3.63, 3.8) is 0 Å². The highest BCUT2D eigenvalue weighted by Crippen LogP contribution is 2.30. The Hall–Kier alpha value is -2.04. The summed E-state index contributed by atoms with van der Waals surface area (Å²) < 4.78 is 0. The maximum atomic E-state index is 12.5. The zero-order valence-corrected chi connectivity index (χ0v) is 16.1. The van der Waals surface area contributed by atoms with Crippen LogP contribution in [0, 0.1) is 5.92 Å². The third-order valence-corrected chi connectivity index (χ3v) is 4.94. The van der Waals surface area contributed by atoms with Gasteiger partial charge in [-0.05, 0) is 41.8 Å². The van der Waals surface area contributed by atoms with Gasteiger partial charge in [0.1, 0.15) is 0 Å². The van der Waals surface area contributed by atoms with Crippen LogP contribution in [0.1, 0.15) is 31.7 Å². The van der Waals surface area contributed by atoms with E-state index in [4.69, 9.17) is 23.2 Å². The molecule has 26 heavy (non-hydrogen) atoms. The molecular weight excluding hydrogens is 371 g/mol. The molecule has 1 heterocycles. The molecule has 2 amide bonds. The van der Waals surface area contributed by atoms with E-state index in [1.54, 1.807) is 23.1 Å². The predicted octanol–water partition coefficient (Wildman–Crippen LogP) is 5.11. The molecule has 136 valence electrons. The van der Waals surface area contributed by atoms with Crippen LogP contribution in [0.15, 0.2) is 42.5 Å². The maximum absolute atomic E-state index is 12.5. The Kier molecular flexibility index (Phi) is 5.54. The number of amides is 2. The quantitative estimate of drug-likeness (QED) is 0.788. The van der Waals surface area contributed by atoms with Crippen LogP contribution in [0.25, 0.3) is 0 Å². The van der Waals surface area contributed by atoms with Crippen LogP contribution in [0.3, 0.4) is 0 Å². The Labute approximate surface area is 163 Å². The van der Waals surface area contributed by atoms with Crippen molar-refractivity contribution < 1.29 is 9.59 Å². The third-order valence-electron chi connectivity index (χ3n) is 4.50. The van der Waals surface area contributed by atoms with Gasteiger partial charge in [-0.15, -0.1) is 0 Å². The van der Waals surface area contributed by atoms with Crippen LogP contribution < -0.4 is 10.2 Å². The molecule has 1 saturated heterocycles. The maximum Gasteiger partial charge on any atom is 0.229 e. The summed E-state index contributed by atoms with van der Waals surface area (Å²) >= 11 is 12.0. The van der Waals surface area contributed by atoms with Crippen LogP contribution in [0.5, 0.6) is 0 Å². The second-order valence-corrected chi connectivity index (χ2v) is 7.67. The largest absolute Gasteiger partial charge is 0.326 e. The molecule has 0 aromatic heterocycles. The minimum absolute atomic E-state index is 0.112. The van der Waals surface area contributed by atoms with Crippen molar-refractivity contribution in [1.29, 1.82) is 0 Å². The third kappa shape index (κ3) is 4.19. The van der Waals surface area contributed by atoms with Gasteiger partial charge in [-0.2, -0.15) is 0 Å². The summed E-state index contributed by atoms with van der Waals surface area (Å²) in [7, 11) is 0. The molecule has 1 unspecified atom stereocenters. The molecule has 2 aromatic rings. The standard InChI is InChI=1S/C20H20Cl2N2O2/c1-12(2)13-3-5-17(6-4-13)23-20(26)14-7-19(25)24(11-14)18-9-15(21)8-16(22)10-18/h3-6,8-10,12,14H,7,11H2,1-2H3,(H,23,26). The van der Waals surface area contributed by atoms with Crippen molar-refractivity contribution in [2.75, 3.05) is 16.8 Å². The summed E-state index contributed by atoms with van der Waals surface area (Å²) in [6.45, 7) is 4.55. The summed E-state index contributed by atoms with van der Waals surface area (Å²) in [5.74, 6) is -0.250. The molecule has 0 radical (unpaired) electrons. The smallest absolute Gasteiger partial charge is 0.229 e. The summed E-state index contributed by atoms with van der Waals surface area (Å²) in [6.07, 6.45) is 0.167. The number of nitrogens with one attached hydrogen (secondary N) is 1. The molecule has 0 aliphatic carbocycles. The number of benzene rings is 2. The lowest BCUT2D eigenvalue weighted by Gasteiger charge is -2.17. The molecule has 1 fully saturated rings. The van der Waals surface area contributed by atoms with E-state index in [9.17, 15) is 9.59 Å². The first-order valence-electron chi connectivity index (χ1n) is 8.51. The molecule has 0 bridgehead atoms. The predicted molar refractivity (Wildman–Crippen MR) is 106 cm³/mol. The van der Waals surface area contributed by atoms with E-state index in [0.717, 1.165) is 5.69 Å². The van der Waals surface area contributed by atoms with E-state index in [0.29, 0.717) is 28.2 Å². The summed E-state index contributed by atoms with van der Waals surface area (Å²) in [5, 5.41) is 3.81. The molecular formula is C20H20Cl2N2O2. The Balaban J connectivity index is 1.68. The van der Waals surface area contributed by atoms with Crippen molar-refractivity contribution in [3.05, 3.63) is 58.1 Å². The number of hydrogen-bond donors (Lipinski definition) is 1. The second-order valence-electron chi connectivity index (χ2n) is 6.80. The van der Waals surface area contributed by atoms with Crippen LogP contribution in [0.2, 0.25) is 10.0 Å². The molecule has 0 spiro atoms. The summed E-state index contributed by atoms with van der Waals surface area (Å²) in [6, 6.07) is 12.7. The van der Waals surface area contributed by atoms with Gasteiger partial charge in [-0.1, -0.05) is 49.2 Å². The fraction of sp³-hybridized carbons (Fsp3) is 0.300. The van der Waals surface area contributed by atoms with E-state index < -0.39 is 5.92 Å². The van der Waals surface area contributed by atoms with Gasteiger partial charge >= 0.3 is 0 Å². The van der Waals surface area contributed by atoms with Crippen molar-refractivity contribution in [1.82, 2.24) is 0 Å². The van der Waals surface area contributed by atoms with E-state index >= 15 is 0 Å². The first-order valence-corrected chi connectivity index (χ1v) is 9.26. The molecule has 0 saturated carbocycles. The highest BCUT2D eigenvalue weighted by molar-refractivity contribution is 6.35. The van der Waals surface area contributed by atoms with E-state index in [1.165, 1.54) is 5.56 Å². The van der Waals surface area contributed by atoms with Gasteiger partial charge in [0.15, 0.2) is 0 Å². The van der Waals surface area contributed by atoms with Gasteiger partial charge in [0.2, 0.25) is 11.8 Å². The number of halogens is 2. The Morgan fingerprint density at radius 3 is 2.31 bits per heavy atom. The Morgan fingerprint density at radius 2 is 1.73 bits per heavy atom. The number of carbonyl (C=O) groups is 2. The average Bonchev–Trinajstić information content (AvgIpc) is 2.96. The van der Waals surface area contributed by atoms with Gasteiger partial charge in [-0.3, -0.25) is 9.59 Å².